The number of H-pyrrole nitrogens is 1. The van der Waals surface area contributed by atoms with Gasteiger partial charge in [0.15, 0.2) is 12.3 Å². The van der Waals surface area contributed by atoms with Crippen molar-refractivity contribution < 1.29 is 34.7 Å². The van der Waals surface area contributed by atoms with E-state index in [1.165, 1.54) is 13.0 Å². The number of hydrogen-bond acceptors (Lipinski definition) is 9. The van der Waals surface area contributed by atoms with E-state index in [1.807, 2.05) is 4.98 Å². The largest absolute Gasteiger partial charge is 0.508 e. The van der Waals surface area contributed by atoms with E-state index >= 15 is 0 Å². The Kier molecular flexibility index (Phi) is 5.23. The minimum absolute atomic E-state index is 0.227. The van der Waals surface area contributed by atoms with Gasteiger partial charge in [0, 0.05) is 18.3 Å². The number of aliphatic hydroxyl groups excluding tert-OH is 2. The zero-order chi connectivity index (χ0) is 20.6. The predicted octanol–water partition coefficient (Wildman–Crippen LogP) is -1.27. The summed E-state index contributed by atoms with van der Waals surface area (Å²) in [5.74, 6) is -1.79. The highest BCUT2D eigenvalue weighted by atomic mass is 16.6. The minimum Gasteiger partial charge on any atom is -0.508 e. The fourth-order valence-electron chi connectivity index (χ4n) is 3.07. The maximum Gasteiger partial charge on any atom is 0.342 e. The van der Waals surface area contributed by atoms with E-state index in [2.05, 4.69) is 0 Å². The quantitative estimate of drug-likeness (QED) is 0.397. The summed E-state index contributed by atoms with van der Waals surface area (Å²) in [4.78, 5) is 37.6. The maximum absolute atomic E-state index is 12.5. The minimum atomic E-state index is -1.55. The molecule has 1 aromatic heterocycles. The molecule has 1 aliphatic heterocycles. The van der Waals surface area contributed by atoms with E-state index in [9.17, 15) is 34.8 Å². The zero-order valence-corrected chi connectivity index (χ0v) is 14.6. The third kappa shape index (κ3) is 3.50. The van der Waals surface area contributed by atoms with E-state index in [-0.39, 0.29) is 16.9 Å². The number of nitrogens with one attached hydrogen (secondary N) is 1. The monoisotopic (exact) mass is 394 g/mol. The molecular weight excluding hydrogens is 376 g/mol. The summed E-state index contributed by atoms with van der Waals surface area (Å²) in [6.07, 6.45) is -4.31. The van der Waals surface area contributed by atoms with Crippen LogP contribution in [0.5, 0.6) is 11.5 Å². The number of hydrogen-bond donors (Lipinski definition) is 5. The van der Waals surface area contributed by atoms with Crippen LogP contribution in [0.25, 0.3) is 0 Å². The number of carbonyl (C=O) groups excluding carboxylic acids is 1. The summed E-state index contributed by atoms with van der Waals surface area (Å²) in [5.41, 5.74) is -1.50. The van der Waals surface area contributed by atoms with Crippen LogP contribution in [0, 0.1) is 6.92 Å². The normalized spacial score (nSPS) is 24.2. The molecule has 11 heteroatoms. The second-order valence-electron chi connectivity index (χ2n) is 6.28. The Balaban J connectivity index is 1.88. The number of benzene rings is 1. The van der Waals surface area contributed by atoms with E-state index in [4.69, 9.17) is 9.47 Å². The Bertz CT molecular complexity index is 989. The summed E-state index contributed by atoms with van der Waals surface area (Å²) in [5, 5.41) is 39.4. The van der Waals surface area contributed by atoms with Crippen molar-refractivity contribution in [2.24, 2.45) is 0 Å². The predicted molar refractivity (Wildman–Crippen MR) is 92.0 cm³/mol. The smallest absolute Gasteiger partial charge is 0.342 e. The number of esters is 1. The number of ether oxygens (including phenoxy) is 2. The number of phenols is 2. The third-order valence-corrected chi connectivity index (χ3v) is 4.36. The van der Waals surface area contributed by atoms with E-state index in [0.29, 0.717) is 0 Å². The molecule has 0 amide bonds. The molecule has 2 aromatic rings. The first-order valence-electron chi connectivity index (χ1n) is 8.22. The lowest BCUT2D eigenvalue weighted by Gasteiger charge is -2.20. The molecule has 0 aliphatic carbocycles. The number of aryl methyl sites for hydroxylation is 1. The highest BCUT2D eigenvalue weighted by Gasteiger charge is 2.47. The van der Waals surface area contributed by atoms with Crippen molar-refractivity contribution in [1.82, 2.24) is 9.55 Å². The maximum atomic E-state index is 12.5. The summed E-state index contributed by atoms with van der Waals surface area (Å²) >= 11 is 0. The van der Waals surface area contributed by atoms with E-state index in [0.717, 1.165) is 22.9 Å². The van der Waals surface area contributed by atoms with E-state index in [1.54, 1.807) is 0 Å². The molecule has 0 saturated carbocycles. The lowest BCUT2D eigenvalue weighted by atomic mass is 10.1. The first-order valence-corrected chi connectivity index (χ1v) is 8.22. The van der Waals surface area contributed by atoms with Crippen LogP contribution in [-0.2, 0) is 9.47 Å². The number of carbonyl (C=O) groups is 1. The van der Waals surface area contributed by atoms with Crippen LogP contribution in [0.2, 0.25) is 0 Å². The number of aliphatic hydroxyl groups is 2. The second kappa shape index (κ2) is 7.46. The summed E-state index contributed by atoms with van der Waals surface area (Å²) < 4.78 is 11.5. The Hall–Kier alpha value is -3.15. The van der Waals surface area contributed by atoms with Crippen LogP contribution in [0.3, 0.4) is 0 Å². The number of aromatic nitrogens is 2. The van der Waals surface area contributed by atoms with Gasteiger partial charge >= 0.3 is 11.7 Å². The lowest BCUT2D eigenvalue weighted by molar-refractivity contribution is -0.0564. The van der Waals surface area contributed by atoms with E-state index < -0.39 is 54.1 Å². The van der Waals surface area contributed by atoms with Crippen LogP contribution in [-0.4, -0.2) is 60.9 Å². The van der Waals surface area contributed by atoms with Gasteiger partial charge in [-0.25, -0.2) is 9.59 Å². The van der Waals surface area contributed by atoms with Gasteiger partial charge in [-0.2, -0.15) is 0 Å². The number of rotatable bonds is 4. The highest BCUT2D eigenvalue weighted by molar-refractivity contribution is 5.94. The SMILES string of the molecule is Cc1cc(O)cc(O)c1C(=O)O[C@H]1[C@@H](O)[C@@H](n2ccc(=O)[nH]c2=O)O[C@@H]1CO. The molecule has 28 heavy (non-hydrogen) atoms. The molecule has 1 saturated heterocycles. The molecule has 0 radical (unpaired) electrons. The Morgan fingerprint density at radius 2 is 2.04 bits per heavy atom. The van der Waals surface area contributed by atoms with Crippen molar-refractivity contribution in [3.05, 3.63) is 56.4 Å². The average Bonchev–Trinajstić information content (AvgIpc) is 2.90. The van der Waals surface area contributed by atoms with Gasteiger partial charge in [0.05, 0.1) is 6.61 Å². The standard InChI is InChI=1S/C17H18N2O9/c1-7-4-8(21)5-9(22)12(7)16(25)28-14-10(6-20)27-15(13(14)24)19-3-2-11(23)18-17(19)26/h2-5,10,13-15,20-22,24H,6H2,1H3,(H,18,23,26)/t10-,13-,14-,15+/m1/s1. The molecule has 1 aliphatic rings. The fourth-order valence-corrected chi connectivity index (χ4v) is 3.07. The number of phenolic OH excluding ortho intramolecular Hbond substituents is 2. The van der Waals surface area contributed by atoms with Gasteiger partial charge in [-0.3, -0.25) is 14.3 Å². The lowest BCUT2D eigenvalue weighted by Crippen LogP contribution is -2.40. The van der Waals surface area contributed by atoms with Crippen LogP contribution in [0.1, 0.15) is 22.1 Å². The van der Waals surface area contributed by atoms with Crippen LogP contribution >= 0.6 is 0 Å². The average molecular weight is 394 g/mol. The molecule has 0 bridgehead atoms. The molecule has 5 N–H and O–H groups in total. The van der Waals surface area contributed by atoms with Crippen molar-refractivity contribution in [2.75, 3.05) is 6.61 Å². The number of nitrogens with zero attached hydrogens (tertiary/aromatic N) is 1. The van der Waals surface area contributed by atoms with Gasteiger partial charge in [0.25, 0.3) is 5.56 Å². The number of aromatic amines is 1. The molecule has 2 heterocycles. The van der Waals surface area contributed by atoms with Crippen molar-refractivity contribution in [3.63, 3.8) is 0 Å². The molecule has 3 rings (SSSR count). The summed E-state index contributed by atoms with van der Waals surface area (Å²) in [6, 6.07) is 3.24. The van der Waals surface area contributed by atoms with Crippen molar-refractivity contribution in [1.29, 1.82) is 0 Å². The molecule has 0 spiro atoms. The Morgan fingerprint density at radius 3 is 2.64 bits per heavy atom. The second-order valence-corrected chi connectivity index (χ2v) is 6.28. The zero-order valence-electron chi connectivity index (χ0n) is 14.6. The van der Waals surface area contributed by atoms with Crippen LogP contribution in [0.4, 0.5) is 0 Å². The van der Waals surface area contributed by atoms with Gasteiger partial charge in [0.2, 0.25) is 0 Å². The fraction of sp³-hybridized carbons (Fsp3) is 0.353. The van der Waals surface area contributed by atoms with Crippen molar-refractivity contribution in [3.8, 4) is 11.5 Å². The Labute approximate surface area is 157 Å². The summed E-state index contributed by atoms with van der Waals surface area (Å²) in [6.45, 7) is 0.827. The number of aromatic hydroxyl groups is 2. The first-order chi connectivity index (χ1) is 13.2. The van der Waals surface area contributed by atoms with Crippen molar-refractivity contribution >= 4 is 5.97 Å². The topological polar surface area (TPSA) is 171 Å². The van der Waals surface area contributed by atoms with Gasteiger partial charge in [-0.15, -0.1) is 0 Å². The molecular formula is C17H18N2O9. The molecule has 11 nitrogen and oxygen atoms in total. The van der Waals surface area contributed by atoms with Crippen molar-refractivity contribution in [2.45, 2.75) is 31.5 Å². The molecule has 1 fully saturated rings. The molecule has 0 unspecified atom stereocenters. The molecule has 4 atom stereocenters. The third-order valence-electron chi connectivity index (χ3n) is 4.36. The Morgan fingerprint density at radius 1 is 1.32 bits per heavy atom. The first kappa shape index (κ1) is 19.6. The van der Waals surface area contributed by atoms with Gasteiger partial charge in [0.1, 0.15) is 29.3 Å². The van der Waals surface area contributed by atoms with Crippen LogP contribution < -0.4 is 11.2 Å². The van der Waals surface area contributed by atoms with Gasteiger partial charge in [-0.05, 0) is 18.6 Å². The van der Waals surface area contributed by atoms with Gasteiger partial charge < -0.3 is 29.9 Å². The highest BCUT2D eigenvalue weighted by Crippen LogP contribution is 2.33. The molecule has 150 valence electrons. The summed E-state index contributed by atoms with van der Waals surface area (Å²) in [7, 11) is 0. The van der Waals surface area contributed by atoms with Gasteiger partial charge in [-0.1, -0.05) is 0 Å². The van der Waals surface area contributed by atoms with Crippen LogP contribution in [0.15, 0.2) is 34.0 Å². The molecule has 1 aromatic carbocycles.